The first-order valence-electron chi connectivity index (χ1n) is 7.72. The van der Waals surface area contributed by atoms with Gasteiger partial charge in [0.25, 0.3) is 0 Å². The SMILES string of the molecule is Cc1cccc(N([C@@H](C)C(=O)Nc2cc(Cl)ccc2C)S(C)(=O)=O)c1. The summed E-state index contributed by atoms with van der Waals surface area (Å²) in [5.74, 6) is -0.433. The van der Waals surface area contributed by atoms with Crippen LogP contribution in [0.25, 0.3) is 0 Å². The Morgan fingerprint density at radius 1 is 1.16 bits per heavy atom. The zero-order valence-electron chi connectivity index (χ0n) is 14.6. The minimum atomic E-state index is -3.64. The van der Waals surface area contributed by atoms with Crippen molar-refractivity contribution in [3.05, 3.63) is 58.6 Å². The number of benzene rings is 2. The van der Waals surface area contributed by atoms with Crippen LogP contribution in [-0.4, -0.2) is 26.6 Å². The molecule has 0 aliphatic heterocycles. The molecule has 1 amide bonds. The molecule has 5 nitrogen and oxygen atoms in total. The second kappa shape index (κ2) is 7.45. The number of nitrogens with one attached hydrogen (secondary N) is 1. The Bertz CT molecular complexity index is 897. The molecular formula is C18H21ClN2O3S. The highest BCUT2D eigenvalue weighted by Crippen LogP contribution is 2.24. The molecule has 0 aliphatic carbocycles. The fourth-order valence-corrected chi connectivity index (χ4v) is 3.88. The number of amides is 1. The Balaban J connectivity index is 2.35. The first kappa shape index (κ1) is 19.3. The first-order valence-corrected chi connectivity index (χ1v) is 9.95. The number of halogens is 1. The molecule has 7 heteroatoms. The lowest BCUT2D eigenvalue weighted by molar-refractivity contribution is -0.116. The smallest absolute Gasteiger partial charge is 0.248 e. The highest BCUT2D eigenvalue weighted by Gasteiger charge is 2.29. The Morgan fingerprint density at radius 2 is 1.84 bits per heavy atom. The second-order valence-corrected chi connectivity index (χ2v) is 8.32. The molecule has 2 aromatic rings. The van der Waals surface area contributed by atoms with E-state index >= 15 is 0 Å². The topological polar surface area (TPSA) is 66.5 Å². The molecule has 0 aromatic heterocycles. The maximum atomic E-state index is 12.7. The molecule has 0 aliphatic rings. The van der Waals surface area contributed by atoms with Gasteiger partial charge in [-0.05, 0) is 56.2 Å². The molecule has 0 saturated carbocycles. The molecular weight excluding hydrogens is 360 g/mol. The van der Waals surface area contributed by atoms with Gasteiger partial charge in [0, 0.05) is 10.7 Å². The molecule has 0 saturated heterocycles. The third-order valence-corrected chi connectivity index (χ3v) is 5.28. The highest BCUT2D eigenvalue weighted by molar-refractivity contribution is 7.92. The van der Waals surface area contributed by atoms with Gasteiger partial charge in [0.2, 0.25) is 15.9 Å². The van der Waals surface area contributed by atoms with E-state index in [-0.39, 0.29) is 0 Å². The predicted octanol–water partition coefficient (Wildman–Crippen LogP) is 3.75. The predicted molar refractivity (Wildman–Crippen MR) is 103 cm³/mol. The van der Waals surface area contributed by atoms with Gasteiger partial charge in [-0.3, -0.25) is 9.10 Å². The van der Waals surface area contributed by atoms with Crippen molar-refractivity contribution < 1.29 is 13.2 Å². The largest absolute Gasteiger partial charge is 0.324 e. The number of hydrogen-bond donors (Lipinski definition) is 1. The van der Waals surface area contributed by atoms with Gasteiger partial charge in [0.05, 0.1) is 11.9 Å². The van der Waals surface area contributed by atoms with E-state index < -0.39 is 22.0 Å². The Morgan fingerprint density at radius 3 is 2.44 bits per heavy atom. The second-order valence-electron chi connectivity index (χ2n) is 6.02. The van der Waals surface area contributed by atoms with E-state index in [2.05, 4.69) is 5.32 Å². The van der Waals surface area contributed by atoms with Crippen molar-refractivity contribution >= 4 is 38.9 Å². The van der Waals surface area contributed by atoms with E-state index in [4.69, 9.17) is 11.6 Å². The van der Waals surface area contributed by atoms with E-state index in [0.717, 1.165) is 21.7 Å². The molecule has 2 aromatic carbocycles. The van der Waals surface area contributed by atoms with Crippen LogP contribution in [0.5, 0.6) is 0 Å². The maximum absolute atomic E-state index is 12.7. The Hall–Kier alpha value is -2.05. The fraction of sp³-hybridized carbons (Fsp3) is 0.278. The zero-order chi connectivity index (χ0) is 18.8. The lowest BCUT2D eigenvalue weighted by Gasteiger charge is -2.28. The average molecular weight is 381 g/mol. The first-order chi connectivity index (χ1) is 11.6. The lowest BCUT2D eigenvalue weighted by Crippen LogP contribution is -2.45. The van der Waals surface area contributed by atoms with Gasteiger partial charge in [-0.1, -0.05) is 29.8 Å². The van der Waals surface area contributed by atoms with Crippen molar-refractivity contribution in [3.8, 4) is 0 Å². The van der Waals surface area contributed by atoms with Crippen LogP contribution < -0.4 is 9.62 Å². The summed E-state index contributed by atoms with van der Waals surface area (Å²) in [4.78, 5) is 12.7. The van der Waals surface area contributed by atoms with E-state index in [1.165, 1.54) is 0 Å². The summed E-state index contributed by atoms with van der Waals surface area (Å²) in [6.07, 6.45) is 1.09. The molecule has 1 N–H and O–H groups in total. The fourth-order valence-electron chi connectivity index (χ4n) is 2.54. The third-order valence-electron chi connectivity index (χ3n) is 3.80. The number of carbonyl (C=O) groups is 1. The van der Waals surface area contributed by atoms with Gasteiger partial charge in [-0.25, -0.2) is 8.42 Å². The number of rotatable bonds is 5. The lowest BCUT2D eigenvalue weighted by atomic mass is 10.1. The molecule has 0 bridgehead atoms. The van der Waals surface area contributed by atoms with Crippen molar-refractivity contribution in [2.45, 2.75) is 26.8 Å². The number of sulfonamides is 1. The van der Waals surface area contributed by atoms with Crippen LogP contribution in [0.15, 0.2) is 42.5 Å². The zero-order valence-corrected chi connectivity index (χ0v) is 16.1. The van der Waals surface area contributed by atoms with Crippen LogP contribution in [0.1, 0.15) is 18.1 Å². The summed E-state index contributed by atoms with van der Waals surface area (Å²) in [6.45, 7) is 5.26. The maximum Gasteiger partial charge on any atom is 0.248 e. The van der Waals surface area contributed by atoms with Crippen molar-refractivity contribution in [2.75, 3.05) is 15.9 Å². The molecule has 0 unspecified atom stereocenters. The summed E-state index contributed by atoms with van der Waals surface area (Å²) in [6, 6.07) is 11.3. The molecule has 0 fully saturated rings. The van der Waals surface area contributed by atoms with Gasteiger partial charge >= 0.3 is 0 Å². The molecule has 25 heavy (non-hydrogen) atoms. The normalized spacial score (nSPS) is 12.5. The van der Waals surface area contributed by atoms with E-state index in [0.29, 0.717) is 16.4 Å². The Kier molecular flexibility index (Phi) is 5.75. The van der Waals surface area contributed by atoms with Gasteiger partial charge in [0.1, 0.15) is 6.04 Å². The van der Waals surface area contributed by atoms with E-state index in [1.54, 1.807) is 43.3 Å². The van der Waals surface area contributed by atoms with Gasteiger partial charge < -0.3 is 5.32 Å². The van der Waals surface area contributed by atoms with Crippen LogP contribution in [0, 0.1) is 13.8 Å². The molecule has 0 heterocycles. The molecule has 134 valence electrons. The van der Waals surface area contributed by atoms with Crippen LogP contribution >= 0.6 is 11.6 Å². The van der Waals surface area contributed by atoms with Gasteiger partial charge in [-0.2, -0.15) is 0 Å². The third kappa shape index (κ3) is 4.74. The van der Waals surface area contributed by atoms with Gasteiger partial charge in [0.15, 0.2) is 0 Å². The minimum Gasteiger partial charge on any atom is -0.324 e. The standard InChI is InChI=1S/C18H21ClN2O3S/c1-12-6-5-7-16(10-12)21(25(4,23)24)14(3)18(22)20-17-11-15(19)9-8-13(17)2/h5-11,14H,1-4H3,(H,20,22)/t14-/m0/s1. The van der Waals surface area contributed by atoms with Crippen molar-refractivity contribution in [2.24, 2.45) is 0 Å². The summed E-state index contributed by atoms with van der Waals surface area (Å²) < 4.78 is 25.7. The number of aryl methyl sites for hydroxylation is 2. The number of anilines is 2. The van der Waals surface area contributed by atoms with E-state index in [9.17, 15) is 13.2 Å². The molecule has 1 atom stereocenters. The van der Waals surface area contributed by atoms with Crippen LogP contribution in [0.3, 0.4) is 0 Å². The summed E-state index contributed by atoms with van der Waals surface area (Å²) in [5, 5.41) is 3.25. The monoisotopic (exact) mass is 380 g/mol. The number of carbonyl (C=O) groups excluding carboxylic acids is 1. The average Bonchev–Trinajstić information content (AvgIpc) is 2.49. The summed E-state index contributed by atoms with van der Waals surface area (Å²) in [5.41, 5.74) is 2.76. The van der Waals surface area contributed by atoms with Crippen molar-refractivity contribution in [1.82, 2.24) is 0 Å². The highest BCUT2D eigenvalue weighted by atomic mass is 35.5. The van der Waals surface area contributed by atoms with Crippen molar-refractivity contribution in [3.63, 3.8) is 0 Å². The van der Waals surface area contributed by atoms with Crippen LogP contribution in [0.4, 0.5) is 11.4 Å². The van der Waals surface area contributed by atoms with E-state index in [1.807, 2.05) is 19.9 Å². The Labute approximate surface area is 153 Å². The minimum absolute atomic E-state index is 0.433. The van der Waals surface area contributed by atoms with Crippen LogP contribution in [-0.2, 0) is 14.8 Å². The molecule has 2 rings (SSSR count). The van der Waals surface area contributed by atoms with Gasteiger partial charge in [-0.15, -0.1) is 0 Å². The van der Waals surface area contributed by atoms with Crippen molar-refractivity contribution in [1.29, 1.82) is 0 Å². The number of hydrogen-bond acceptors (Lipinski definition) is 3. The quantitative estimate of drug-likeness (QED) is 0.858. The van der Waals surface area contributed by atoms with Crippen LogP contribution in [0.2, 0.25) is 5.02 Å². The summed E-state index contributed by atoms with van der Waals surface area (Å²) in [7, 11) is -3.64. The molecule has 0 radical (unpaired) electrons. The number of nitrogens with zero attached hydrogens (tertiary/aromatic N) is 1. The molecule has 0 spiro atoms. The summed E-state index contributed by atoms with van der Waals surface area (Å²) >= 11 is 5.97.